The first-order valence-corrected chi connectivity index (χ1v) is 12.4. The molecule has 2 aromatic rings. The van der Waals surface area contributed by atoms with Crippen LogP contribution >= 0.6 is 0 Å². The fourth-order valence-corrected chi connectivity index (χ4v) is 4.76. The van der Waals surface area contributed by atoms with Gasteiger partial charge < -0.3 is 0 Å². The van der Waals surface area contributed by atoms with Crippen molar-refractivity contribution in [2.75, 3.05) is 0 Å². The Bertz CT molecular complexity index is 1150. The second-order valence-electron chi connectivity index (χ2n) is 10.1. The number of benzene rings is 2. The van der Waals surface area contributed by atoms with E-state index in [1.54, 1.807) is 0 Å². The lowest BCUT2D eigenvalue weighted by Crippen LogP contribution is -2.11. The Morgan fingerprint density at radius 1 is 1.12 bits per heavy atom. The Hall–Kier alpha value is -3.12. The molecule has 1 fully saturated rings. The van der Waals surface area contributed by atoms with E-state index in [2.05, 4.69) is 120 Å². The third-order valence-corrected chi connectivity index (χ3v) is 7.00. The molecular weight excluding hydrogens is 408 g/mol. The summed E-state index contributed by atoms with van der Waals surface area (Å²) < 4.78 is 0. The van der Waals surface area contributed by atoms with Crippen LogP contribution in [0.15, 0.2) is 110 Å². The number of hydrogen-bond acceptors (Lipinski definition) is 0. The Kier molecular flexibility index (Phi) is 8.51. The maximum absolute atomic E-state index is 3.89. The zero-order valence-corrected chi connectivity index (χ0v) is 21.6. The number of hydrogen-bond donors (Lipinski definition) is 0. The molecule has 2 aliphatic rings. The van der Waals surface area contributed by atoms with Crippen LogP contribution in [-0.2, 0) is 0 Å². The van der Waals surface area contributed by atoms with Gasteiger partial charge in [-0.25, -0.2) is 0 Å². The first kappa shape index (κ1) is 25.5. The molecule has 0 amide bonds. The molecule has 2 atom stereocenters. The first-order valence-electron chi connectivity index (χ1n) is 12.4. The van der Waals surface area contributed by atoms with Crippen molar-refractivity contribution < 1.29 is 0 Å². The minimum Gasteiger partial charge on any atom is -0.0998 e. The van der Waals surface area contributed by atoms with Gasteiger partial charge in [0, 0.05) is 0 Å². The van der Waals surface area contributed by atoms with Gasteiger partial charge in [-0.2, -0.15) is 0 Å². The summed E-state index contributed by atoms with van der Waals surface area (Å²) in [6.45, 7) is 18.7. The van der Waals surface area contributed by atoms with Crippen molar-refractivity contribution in [3.05, 3.63) is 132 Å². The Balaban J connectivity index is 0.000000191. The van der Waals surface area contributed by atoms with Gasteiger partial charge in [0.2, 0.25) is 0 Å². The molecule has 0 radical (unpaired) electrons. The zero-order valence-electron chi connectivity index (χ0n) is 21.6. The van der Waals surface area contributed by atoms with E-state index < -0.39 is 0 Å². The van der Waals surface area contributed by atoms with Crippen molar-refractivity contribution in [1.82, 2.24) is 0 Å². The summed E-state index contributed by atoms with van der Waals surface area (Å²) in [6.07, 6.45) is 17.7. The van der Waals surface area contributed by atoms with Gasteiger partial charge >= 0.3 is 0 Å². The van der Waals surface area contributed by atoms with Gasteiger partial charge in [0.15, 0.2) is 0 Å². The normalized spacial score (nSPS) is 20.9. The quantitative estimate of drug-likeness (QED) is 0.292. The van der Waals surface area contributed by atoms with Gasteiger partial charge in [0.05, 0.1) is 0 Å². The highest BCUT2D eigenvalue weighted by Gasteiger charge is 2.53. The van der Waals surface area contributed by atoms with E-state index >= 15 is 0 Å². The second kappa shape index (κ2) is 11.3. The number of fused-ring (bicyclic) bond motifs is 1. The van der Waals surface area contributed by atoms with E-state index in [0.29, 0.717) is 5.41 Å². The van der Waals surface area contributed by atoms with Gasteiger partial charge in [0.1, 0.15) is 0 Å². The van der Waals surface area contributed by atoms with Crippen LogP contribution in [0.5, 0.6) is 0 Å². The standard InChI is InChI=1S/2C17H20/c1-12(2)17-9-8-14(10-15(17)11-17)16-7-5-4-6-13(16)3;1-5-8-16(11-6-9-14(2)3)17-12-7-10-15(4)13-17/h4-10,12,15H,11H2,1-3H3;5-8,10-13H,1-2,9H2,3-4H3/b;11-6-,16-8+. The Morgan fingerprint density at radius 3 is 2.50 bits per heavy atom. The van der Waals surface area contributed by atoms with Gasteiger partial charge in [-0.1, -0.05) is 129 Å². The highest BCUT2D eigenvalue weighted by Crippen LogP contribution is 2.62. The average molecular weight is 449 g/mol. The first-order chi connectivity index (χ1) is 16.3. The molecule has 2 aromatic carbocycles. The van der Waals surface area contributed by atoms with Gasteiger partial charge in [-0.15, -0.1) is 0 Å². The fraction of sp³-hybridized carbons (Fsp3) is 0.294. The third kappa shape index (κ3) is 6.26. The zero-order chi connectivity index (χ0) is 24.7. The predicted molar refractivity (Wildman–Crippen MR) is 152 cm³/mol. The van der Waals surface area contributed by atoms with Crippen LogP contribution < -0.4 is 0 Å². The van der Waals surface area contributed by atoms with E-state index in [0.717, 1.165) is 18.3 Å². The highest BCUT2D eigenvalue weighted by molar-refractivity contribution is 5.78. The molecule has 2 aliphatic carbocycles. The van der Waals surface area contributed by atoms with E-state index in [4.69, 9.17) is 0 Å². The summed E-state index contributed by atoms with van der Waals surface area (Å²) in [5, 5.41) is 0. The van der Waals surface area contributed by atoms with Crippen LogP contribution in [0.2, 0.25) is 0 Å². The smallest absolute Gasteiger partial charge is 0.00226 e. The van der Waals surface area contributed by atoms with Gasteiger partial charge in [-0.3, -0.25) is 0 Å². The molecule has 34 heavy (non-hydrogen) atoms. The van der Waals surface area contributed by atoms with Crippen molar-refractivity contribution in [2.45, 2.75) is 47.5 Å². The second-order valence-corrected chi connectivity index (χ2v) is 10.1. The van der Waals surface area contributed by atoms with E-state index in [9.17, 15) is 0 Å². The van der Waals surface area contributed by atoms with Gasteiger partial charge in [-0.05, 0) is 78.7 Å². The summed E-state index contributed by atoms with van der Waals surface area (Å²) in [5.41, 5.74) is 9.53. The molecule has 4 rings (SSSR count). The van der Waals surface area contributed by atoms with Gasteiger partial charge in [0.25, 0.3) is 0 Å². The lowest BCUT2D eigenvalue weighted by Gasteiger charge is -2.21. The molecule has 0 aliphatic heterocycles. The summed E-state index contributed by atoms with van der Waals surface area (Å²) >= 11 is 0. The van der Waals surface area contributed by atoms with E-state index in [1.165, 1.54) is 45.4 Å². The maximum Gasteiger partial charge on any atom is -0.00226 e. The SMILES string of the molecule is C=C/C=C(\C=C/CC(=C)C)c1cccc(C)c1.Cc1ccccc1C1=CC2CC2(C(C)C)C=C1. The molecule has 0 bridgehead atoms. The van der Waals surface area contributed by atoms with Crippen molar-refractivity contribution >= 4 is 11.1 Å². The van der Waals surface area contributed by atoms with Crippen LogP contribution in [-0.4, -0.2) is 0 Å². The van der Waals surface area contributed by atoms with Crippen molar-refractivity contribution in [3.8, 4) is 0 Å². The molecule has 1 saturated carbocycles. The number of aryl methyl sites for hydroxylation is 2. The summed E-state index contributed by atoms with van der Waals surface area (Å²) in [7, 11) is 0. The summed E-state index contributed by atoms with van der Waals surface area (Å²) in [4.78, 5) is 0. The predicted octanol–water partition coefficient (Wildman–Crippen LogP) is 9.70. The van der Waals surface area contributed by atoms with E-state index in [1.807, 2.05) is 19.1 Å². The molecule has 0 heteroatoms. The molecular formula is C34H40. The van der Waals surface area contributed by atoms with Crippen molar-refractivity contribution in [3.63, 3.8) is 0 Å². The maximum atomic E-state index is 3.89. The van der Waals surface area contributed by atoms with Crippen LogP contribution in [0.1, 0.15) is 55.9 Å². The lowest BCUT2D eigenvalue weighted by molar-refractivity contribution is 0.424. The van der Waals surface area contributed by atoms with Crippen LogP contribution in [0.3, 0.4) is 0 Å². The summed E-state index contributed by atoms with van der Waals surface area (Å²) in [5.74, 6) is 1.54. The minimum atomic E-state index is 0.492. The molecule has 0 N–H and O–H groups in total. The molecule has 0 nitrogen and oxygen atoms in total. The molecule has 0 aromatic heterocycles. The molecule has 2 unspecified atom stereocenters. The van der Waals surface area contributed by atoms with E-state index in [-0.39, 0.29) is 0 Å². The third-order valence-electron chi connectivity index (χ3n) is 7.00. The largest absolute Gasteiger partial charge is 0.0998 e. The fourth-order valence-electron chi connectivity index (χ4n) is 4.76. The molecule has 0 spiro atoms. The Labute approximate surface area is 207 Å². The number of rotatable bonds is 7. The summed E-state index contributed by atoms with van der Waals surface area (Å²) in [6, 6.07) is 17.2. The molecule has 176 valence electrons. The van der Waals surface area contributed by atoms with Crippen LogP contribution in [0, 0.1) is 31.1 Å². The highest BCUT2D eigenvalue weighted by atomic mass is 14.6. The Morgan fingerprint density at radius 2 is 1.88 bits per heavy atom. The lowest BCUT2D eigenvalue weighted by atomic mass is 9.84. The van der Waals surface area contributed by atoms with Crippen molar-refractivity contribution in [1.29, 1.82) is 0 Å². The molecule has 0 saturated heterocycles. The topological polar surface area (TPSA) is 0 Å². The molecule has 0 heterocycles. The monoisotopic (exact) mass is 448 g/mol. The number of allylic oxidation sites excluding steroid dienone is 10. The average Bonchev–Trinajstić information content (AvgIpc) is 3.55. The van der Waals surface area contributed by atoms with Crippen LogP contribution in [0.25, 0.3) is 11.1 Å². The van der Waals surface area contributed by atoms with Crippen LogP contribution in [0.4, 0.5) is 0 Å². The van der Waals surface area contributed by atoms with Crippen molar-refractivity contribution in [2.24, 2.45) is 17.3 Å². The minimum absolute atomic E-state index is 0.492.